The van der Waals surface area contributed by atoms with Gasteiger partial charge in [0.2, 0.25) is 0 Å². The first-order valence-electron chi connectivity index (χ1n) is 6.21. The van der Waals surface area contributed by atoms with E-state index >= 15 is 0 Å². The van der Waals surface area contributed by atoms with Gasteiger partial charge in [-0.15, -0.1) is 11.3 Å². The number of carboxylic acid groups (broad SMARTS) is 1. The number of aliphatic carboxylic acids is 1. The molecule has 2 heterocycles. The van der Waals surface area contributed by atoms with Crippen LogP contribution in [0.3, 0.4) is 0 Å². The summed E-state index contributed by atoms with van der Waals surface area (Å²) in [5.74, 6) is -0.995. The molecular formula is C13H16BrNO4S. The lowest BCUT2D eigenvalue weighted by Gasteiger charge is -2.15. The lowest BCUT2D eigenvalue weighted by molar-refractivity contribution is -0.142. The Morgan fingerprint density at radius 2 is 2.10 bits per heavy atom. The topological polar surface area (TPSA) is 66.8 Å². The van der Waals surface area contributed by atoms with Gasteiger partial charge in [-0.05, 0) is 28.8 Å². The Kier molecular flexibility index (Phi) is 4.39. The Morgan fingerprint density at radius 1 is 1.45 bits per heavy atom. The zero-order valence-corrected chi connectivity index (χ0v) is 13.9. The van der Waals surface area contributed by atoms with Crippen molar-refractivity contribution in [3.8, 4) is 5.75 Å². The molecule has 20 heavy (non-hydrogen) atoms. The number of ether oxygens (including phenoxy) is 1. The van der Waals surface area contributed by atoms with E-state index in [1.165, 1.54) is 18.4 Å². The average molecular weight is 362 g/mol. The quantitative estimate of drug-likeness (QED) is 0.898. The lowest BCUT2D eigenvalue weighted by Crippen LogP contribution is -2.29. The van der Waals surface area contributed by atoms with Crippen LogP contribution in [0.2, 0.25) is 0 Å². The molecule has 0 saturated carbocycles. The van der Waals surface area contributed by atoms with E-state index in [0.29, 0.717) is 17.2 Å². The van der Waals surface area contributed by atoms with Gasteiger partial charge in [-0.1, -0.05) is 6.92 Å². The molecule has 5 nitrogen and oxygen atoms in total. The fourth-order valence-corrected chi connectivity index (χ4v) is 4.14. The summed E-state index contributed by atoms with van der Waals surface area (Å²) in [7, 11) is 1.52. The van der Waals surface area contributed by atoms with Gasteiger partial charge < -0.3 is 14.7 Å². The molecule has 1 fully saturated rings. The van der Waals surface area contributed by atoms with Crippen molar-refractivity contribution in [1.82, 2.24) is 4.90 Å². The second-order valence-corrected chi connectivity index (χ2v) is 6.98. The number of carboxylic acids is 1. The molecule has 2 rings (SSSR count). The highest BCUT2D eigenvalue weighted by molar-refractivity contribution is 9.10. The number of rotatable bonds is 3. The van der Waals surface area contributed by atoms with Crippen molar-refractivity contribution in [1.29, 1.82) is 0 Å². The molecule has 110 valence electrons. The van der Waals surface area contributed by atoms with E-state index < -0.39 is 11.9 Å². The summed E-state index contributed by atoms with van der Waals surface area (Å²) in [6, 6.07) is 0. The van der Waals surface area contributed by atoms with Crippen molar-refractivity contribution in [2.75, 3.05) is 20.2 Å². The molecule has 1 aromatic heterocycles. The molecule has 0 bridgehead atoms. The fraction of sp³-hybridized carbons (Fsp3) is 0.538. The molecule has 0 spiro atoms. The Balaban J connectivity index is 2.25. The third kappa shape index (κ3) is 2.56. The maximum absolute atomic E-state index is 12.5. The van der Waals surface area contributed by atoms with E-state index in [2.05, 4.69) is 15.9 Å². The number of hydrogen-bond donors (Lipinski definition) is 1. The first-order chi connectivity index (χ1) is 9.36. The van der Waals surface area contributed by atoms with Crippen molar-refractivity contribution in [2.45, 2.75) is 13.8 Å². The predicted octanol–water partition coefficient (Wildman–Crippen LogP) is 2.62. The van der Waals surface area contributed by atoms with E-state index in [9.17, 15) is 9.59 Å². The van der Waals surface area contributed by atoms with Gasteiger partial charge in [0.15, 0.2) is 5.75 Å². The van der Waals surface area contributed by atoms with Gasteiger partial charge in [0, 0.05) is 18.0 Å². The number of hydrogen-bond acceptors (Lipinski definition) is 4. The number of amides is 1. The molecule has 0 aliphatic carbocycles. The van der Waals surface area contributed by atoms with Crippen LogP contribution in [0.25, 0.3) is 0 Å². The van der Waals surface area contributed by atoms with E-state index in [1.807, 2.05) is 13.8 Å². The van der Waals surface area contributed by atoms with Crippen molar-refractivity contribution in [3.63, 3.8) is 0 Å². The van der Waals surface area contributed by atoms with Crippen LogP contribution < -0.4 is 4.74 Å². The highest BCUT2D eigenvalue weighted by Gasteiger charge is 2.38. The number of thiophene rings is 1. The number of carbonyl (C=O) groups excluding carboxylic acids is 1. The van der Waals surface area contributed by atoms with Crippen LogP contribution in [0, 0.1) is 18.8 Å². The Bertz CT molecular complexity index is 557. The standard InChI is InChI=1S/C13H16BrNO4S/c1-6-4-15(5-8(6)13(17)18)12(16)11-10(19-3)9(14)7(2)20-11/h6,8H,4-5H2,1-3H3,(H,17,18)/t6-,8-/m1/s1. The van der Waals surface area contributed by atoms with Crippen LogP contribution in [0.5, 0.6) is 5.75 Å². The average Bonchev–Trinajstić information content (AvgIpc) is 2.91. The number of halogens is 1. The molecule has 2 atom stereocenters. The summed E-state index contributed by atoms with van der Waals surface area (Å²) in [6.45, 7) is 4.49. The number of carbonyl (C=O) groups is 2. The molecule has 1 N–H and O–H groups in total. The monoisotopic (exact) mass is 361 g/mol. The summed E-state index contributed by atoms with van der Waals surface area (Å²) < 4.78 is 6.07. The van der Waals surface area contributed by atoms with Crippen LogP contribution in [-0.4, -0.2) is 42.1 Å². The Hall–Kier alpha value is -1.08. The van der Waals surface area contributed by atoms with Gasteiger partial charge in [0.05, 0.1) is 17.5 Å². The molecule has 0 radical (unpaired) electrons. The summed E-state index contributed by atoms with van der Waals surface area (Å²) in [5.41, 5.74) is 0. The summed E-state index contributed by atoms with van der Waals surface area (Å²) >= 11 is 4.77. The predicted molar refractivity (Wildman–Crippen MR) is 79.5 cm³/mol. The van der Waals surface area contributed by atoms with Crippen LogP contribution in [0.4, 0.5) is 0 Å². The van der Waals surface area contributed by atoms with Crippen molar-refractivity contribution >= 4 is 39.1 Å². The molecule has 1 aliphatic rings. The number of nitrogens with zero attached hydrogens (tertiary/aromatic N) is 1. The zero-order valence-electron chi connectivity index (χ0n) is 11.5. The molecular weight excluding hydrogens is 346 g/mol. The van der Waals surface area contributed by atoms with Crippen LogP contribution in [0.15, 0.2) is 4.47 Å². The second kappa shape index (κ2) is 5.73. The zero-order chi connectivity index (χ0) is 15.0. The van der Waals surface area contributed by atoms with Gasteiger partial charge in [0.1, 0.15) is 4.88 Å². The van der Waals surface area contributed by atoms with Gasteiger partial charge in [0.25, 0.3) is 5.91 Å². The van der Waals surface area contributed by atoms with E-state index in [4.69, 9.17) is 9.84 Å². The van der Waals surface area contributed by atoms with Gasteiger partial charge in [-0.2, -0.15) is 0 Å². The summed E-state index contributed by atoms with van der Waals surface area (Å²) in [5, 5.41) is 9.14. The molecule has 0 aromatic carbocycles. The molecule has 7 heteroatoms. The van der Waals surface area contributed by atoms with Crippen molar-refractivity contribution in [3.05, 3.63) is 14.2 Å². The maximum atomic E-state index is 12.5. The minimum Gasteiger partial charge on any atom is -0.494 e. The van der Waals surface area contributed by atoms with E-state index in [0.717, 1.165) is 9.35 Å². The normalized spacial score (nSPS) is 22.1. The van der Waals surface area contributed by atoms with Crippen LogP contribution in [-0.2, 0) is 4.79 Å². The number of aryl methyl sites for hydroxylation is 1. The fourth-order valence-electron chi connectivity index (χ4n) is 2.42. The second-order valence-electron chi connectivity index (χ2n) is 4.97. The lowest BCUT2D eigenvalue weighted by atomic mass is 9.99. The first kappa shape index (κ1) is 15.3. The van der Waals surface area contributed by atoms with Gasteiger partial charge in [-0.25, -0.2) is 0 Å². The molecule has 1 aromatic rings. The number of likely N-dealkylation sites (tertiary alicyclic amines) is 1. The minimum absolute atomic E-state index is 0.0352. The smallest absolute Gasteiger partial charge is 0.308 e. The molecule has 1 aliphatic heterocycles. The summed E-state index contributed by atoms with van der Waals surface area (Å²) in [6.07, 6.45) is 0. The van der Waals surface area contributed by atoms with Crippen molar-refractivity contribution < 1.29 is 19.4 Å². The largest absolute Gasteiger partial charge is 0.494 e. The van der Waals surface area contributed by atoms with Gasteiger partial charge in [-0.3, -0.25) is 9.59 Å². The summed E-state index contributed by atoms with van der Waals surface area (Å²) in [4.78, 5) is 26.8. The molecule has 1 saturated heterocycles. The van der Waals surface area contributed by atoms with Gasteiger partial charge >= 0.3 is 5.97 Å². The Morgan fingerprint density at radius 3 is 2.60 bits per heavy atom. The van der Waals surface area contributed by atoms with E-state index in [-0.39, 0.29) is 18.4 Å². The molecule has 1 amide bonds. The van der Waals surface area contributed by atoms with Crippen molar-refractivity contribution in [2.24, 2.45) is 11.8 Å². The first-order valence-corrected chi connectivity index (χ1v) is 7.82. The van der Waals surface area contributed by atoms with Crippen LogP contribution in [0.1, 0.15) is 21.5 Å². The maximum Gasteiger partial charge on any atom is 0.308 e. The highest BCUT2D eigenvalue weighted by atomic mass is 79.9. The van der Waals surface area contributed by atoms with E-state index in [1.54, 1.807) is 4.90 Å². The number of methoxy groups -OCH3 is 1. The SMILES string of the molecule is COc1c(C(=O)N2C[C@@H](C)[C@H](C(=O)O)C2)sc(C)c1Br. The minimum atomic E-state index is -0.844. The third-order valence-electron chi connectivity index (χ3n) is 3.58. The third-order valence-corrected chi connectivity index (χ3v) is 5.88. The Labute approximate surface area is 129 Å². The molecule has 0 unspecified atom stereocenters. The van der Waals surface area contributed by atoms with Crippen LogP contribution >= 0.6 is 27.3 Å². The highest BCUT2D eigenvalue weighted by Crippen LogP contribution is 2.40.